The predicted octanol–water partition coefficient (Wildman–Crippen LogP) is 1.24. The van der Waals surface area contributed by atoms with E-state index in [0.717, 1.165) is 74.3 Å². The zero-order valence-corrected chi connectivity index (χ0v) is 17.3. The molecule has 0 bridgehead atoms. The van der Waals surface area contributed by atoms with Crippen LogP contribution in [0.4, 0.5) is 0 Å². The van der Waals surface area contributed by atoms with E-state index in [-0.39, 0.29) is 5.91 Å². The zero-order chi connectivity index (χ0) is 19.7. The van der Waals surface area contributed by atoms with Crippen molar-refractivity contribution in [1.82, 2.24) is 34.3 Å². The summed E-state index contributed by atoms with van der Waals surface area (Å²) >= 11 is 0. The number of nitrogens with zero attached hydrogens (tertiary/aromatic N) is 7. The van der Waals surface area contributed by atoms with E-state index in [4.69, 9.17) is 0 Å². The van der Waals surface area contributed by atoms with Crippen molar-refractivity contribution < 1.29 is 4.79 Å². The molecule has 0 N–H and O–H groups in total. The Hall–Kier alpha value is -2.22. The Kier molecular flexibility index (Phi) is 5.48. The maximum absolute atomic E-state index is 12.8. The molecule has 8 heteroatoms. The summed E-state index contributed by atoms with van der Waals surface area (Å²) in [5.41, 5.74) is 3.11. The molecule has 0 unspecified atom stereocenters. The highest BCUT2D eigenvalue weighted by molar-refractivity contribution is 5.79. The van der Waals surface area contributed by atoms with Gasteiger partial charge in [0.2, 0.25) is 5.91 Å². The molecule has 152 valence electrons. The van der Waals surface area contributed by atoms with Crippen molar-refractivity contribution in [2.45, 2.75) is 59.0 Å². The third-order valence-electron chi connectivity index (χ3n) is 6.26. The minimum atomic E-state index is 0.204. The van der Waals surface area contributed by atoms with Crippen LogP contribution >= 0.6 is 0 Å². The monoisotopic (exact) mass is 385 g/mol. The van der Waals surface area contributed by atoms with Crippen LogP contribution in [0.3, 0.4) is 0 Å². The quantitative estimate of drug-likeness (QED) is 0.792. The highest BCUT2D eigenvalue weighted by Crippen LogP contribution is 2.17. The van der Waals surface area contributed by atoms with E-state index in [9.17, 15) is 4.79 Å². The van der Waals surface area contributed by atoms with Gasteiger partial charge in [0, 0.05) is 57.4 Å². The molecule has 2 aromatic rings. The van der Waals surface area contributed by atoms with Gasteiger partial charge in [0.05, 0.1) is 18.7 Å². The van der Waals surface area contributed by atoms with Crippen LogP contribution in [-0.2, 0) is 37.8 Å². The summed E-state index contributed by atoms with van der Waals surface area (Å²) < 4.78 is 4.18. The molecular formula is C20H31N7O. The molecule has 0 spiro atoms. The molecule has 1 saturated heterocycles. The molecule has 2 aliphatic heterocycles. The molecular weight excluding hydrogens is 354 g/mol. The minimum Gasteiger partial charge on any atom is -0.340 e. The zero-order valence-electron chi connectivity index (χ0n) is 17.3. The Labute approximate surface area is 166 Å². The number of hydrogen-bond acceptors (Lipinski definition) is 5. The molecule has 2 aromatic heterocycles. The summed E-state index contributed by atoms with van der Waals surface area (Å²) in [6, 6.07) is 0. The predicted molar refractivity (Wildman–Crippen MR) is 106 cm³/mol. The van der Waals surface area contributed by atoms with Gasteiger partial charge in [0.25, 0.3) is 0 Å². The lowest BCUT2D eigenvalue weighted by atomic mass is 10.1. The molecule has 1 amide bonds. The largest absolute Gasteiger partial charge is 0.340 e. The highest BCUT2D eigenvalue weighted by Gasteiger charge is 2.25. The van der Waals surface area contributed by atoms with Crippen molar-refractivity contribution in [3.63, 3.8) is 0 Å². The molecule has 0 aliphatic carbocycles. The summed E-state index contributed by atoms with van der Waals surface area (Å²) in [4.78, 5) is 17.2. The number of piperazine rings is 1. The van der Waals surface area contributed by atoms with Gasteiger partial charge >= 0.3 is 0 Å². The summed E-state index contributed by atoms with van der Waals surface area (Å²) in [7, 11) is 1.93. The van der Waals surface area contributed by atoms with Gasteiger partial charge in [0.1, 0.15) is 11.6 Å². The van der Waals surface area contributed by atoms with Crippen molar-refractivity contribution in [2.75, 3.05) is 26.2 Å². The molecule has 1 fully saturated rings. The molecule has 28 heavy (non-hydrogen) atoms. The summed E-state index contributed by atoms with van der Waals surface area (Å²) in [5.74, 6) is 2.43. The first kappa shape index (κ1) is 19.1. The number of carbonyl (C=O) groups excluding carboxylic acids is 1. The van der Waals surface area contributed by atoms with Gasteiger partial charge < -0.3 is 9.47 Å². The van der Waals surface area contributed by atoms with E-state index < -0.39 is 0 Å². The standard InChI is InChI=1S/C20H31N7O/c1-15-17(16(2)24(3)23-15)13-20(28)26-11-9-25(10-12-26)14-19-22-21-18-7-5-4-6-8-27(18)19/h4-14H2,1-3H3. The van der Waals surface area contributed by atoms with Gasteiger partial charge in [-0.25, -0.2) is 0 Å². The molecule has 2 aliphatic rings. The lowest BCUT2D eigenvalue weighted by Gasteiger charge is -2.34. The Morgan fingerprint density at radius 3 is 2.50 bits per heavy atom. The Balaban J connectivity index is 1.32. The number of carbonyl (C=O) groups is 1. The number of aromatic nitrogens is 5. The van der Waals surface area contributed by atoms with Crippen molar-refractivity contribution in [3.05, 3.63) is 28.6 Å². The van der Waals surface area contributed by atoms with Crippen LogP contribution in [0.5, 0.6) is 0 Å². The molecule has 0 aromatic carbocycles. The van der Waals surface area contributed by atoms with Gasteiger partial charge in [-0.15, -0.1) is 10.2 Å². The van der Waals surface area contributed by atoms with Gasteiger partial charge in [-0.3, -0.25) is 14.4 Å². The average Bonchev–Trinajstić information content (AvgIpc) is 3.05. The molecule has 0 saturated carbocycles. The van der Waals surface area contributed by atoms with Crippen LogP contribution in [-0.4, -0.2) is 66.4 Å². The second-order valence-electron chi connectivity index (χ2n) is 8.10. The lowest BCUT2D eigenvalue weighted by molar-refractivity contribution is -0.132. The van der Waals surface area contributed by atoms with Crippen molar-refractivity contribution in [3.8, 4) is 0 Å². The van der Waals surface area contributed by atoms with Crippen LogP contribution in [0.15, 0.2) is 0 Å². The van der Waals surface area contributed by atoms with Gasteiger partial charge in [0.15, 0.2) is 0 Å². The van der Waals surface area contributed by atoms with Crippen molar-refractivity contribution >= 4 is 5.91 Å². The first-order valence-electron chi connectivity index (χ1n) is 10.4. The second kappa shape index (κ2) is 8.03. The van der Waals surface area contributed by atoms with Crippen molar-refractivity contribution in [2.24, 2.45) is 7.05 Å². The summed E-state index contributed by atoms with van der Waals surface area (Å²) in [6.45, 7) is 9.21. The molecule has 4 heterocycles. The summed E-state index contributed by atoms with van der Waals surface area (Å²) in [6.07, 6.45) is 5.20. The topological polar surface area (TPSA) is 72.1 Å². The van der Waals surface area contributed by atoms with Crippen molar-refractivity contribution in [1.29, 1.82) is 0 Å². The van der Waals surface area contributed by atoms with Crippen LogP contribution in [0.1, 0.15) is 47.9 Å². The van der Waals surface area contributed by atoms with Gasteiger partial charge in [-0.05, 0) is 26.7 Å². The van der Waals surface area contributed by atoms with Crippen LogP contribution in [0.25, 0.3) is 0 Å². The first-order valence-corrected chi connectivity index (χ1v) is 10.4. The normalized spacial score (nSPS) is 18.2. The average molecular weight is 386 g/mol. The highest BCUT2D eigenvalue weighted by atomic mass is 16.2. The summed E-state index contributed by atoms with van der Waals surface area (Å²) in [5, 5.41) is 13.3. The van der Waals surface area contributed by atoms with Crippen LogP contribution < -0.4 is 0 Å². The fourth-order valence-electron chi connectivity index (χ4n) is 4.35. The van der Waals surface area contributed by atoms with E-state index in [2.05, 4.69) is 24.8 Å². The third-order valence-corrected chi connectivity index (χ3v) is 6.26. The lowest BCUT2D eigenvalue weighted by Crippen LogP contribution is -2.49. The molecule has 8 nitrogen and oxygen atoms in total. The second-order valence-corrected chi connectivity index (χ2v) is 8.10. The van der Waals surface area contributed by atoms with Gasteiger partial charge in [-0.2, -0.15) is 5.10 Å². The molecule has 4 rings (SSSR count). The Morgan fingerprint density at radius 2 is 1.79 bits per heavy atom. The Morgan fingerprint density at radius 1 is 1.00 bits per heavy atom. The number of fused-ring (bicyclic) bond motifs is 1. The van der Waals surface area contributed by atoms with Gasteiger partial charge in [-0.1, -0.05) is 6.42 Å². The first-order chi connectivity index (χ1) is 13.5. The van der Waals surface area contributed by atoms with Crippen LogP contribution in [0, 0.1) is 13.8 Å². The maximum atomic E-state index is 12.8. The minimum absolute atomic E-state index is 0.204. The van der Waals surface area contributed by atoms with E-state index in [1.54, 1.807) is 0 Å². The maximum Gasteiger partial charge on any atom is 0.227 e. The fraction of sp³-hybridized carbons (Fsp3) is 0.700. The van der Waals surface area contributed by atoms with E-state index in [1.807, 2.05) is 30.5 Å². The van der Waals surface area contributed by atoms with E-state index in [0.29, 0.717) is 6.42 Å². The smallest absolute Gasteiger partial charge is 0.227 e. The fourth-order valence-corrected chi connectivity index (χ4v) is 4.35. The molecule has 0 radical (unpaired) electrons. The number of rotatable bonds is 4. The molecule has 0 atom stereocenters. The number of hydrogen-bond donors (Lipinski definition) is 0. The van der Waals surface area contributed by atoms with Crippen LogP contribution in [0.2, 0.25) is 0 Å². The number of amides is 1. The SMILES string of the molecule is Cc1nn(C)c(C)c1CC(=O)N1CCN(Cc2nnc3n2CCCCC3)CC1. The Bertz CT molecular complexity index is 845. The van der Waals surface area contributed by atoms with E-state index in [1.165, 1.54) is 19.3 Å². The van der Waals surface area contributed by atoms with E-state index >= 15 is 0 Å². The number of aryl methyl sites for hydroxylation is 3. The third kappa shape index (κ3) is 3.83.